The molecule has 0 spiro atoms. The largest absolute Gasteiger partial charge is 0.395 e. The molecule has 0 radical (unpaired) electrons. The van der Waals surface area contributed by atoms with Gasteiger partial charge in [-0.2, -0.15) is 4.98 Å². The molecular formula is C9H11F2N3O3S. The minimum atomic E-state index is -3.53. The van der Waals surface area contributed by atoms with Crippen LogP contribution >= 0.6 is 11.8 Å². The maximum atomic E-state index is 13.8. The first-order valence-corrected chi connectivity index (χ1v) is 5.99. The molecule has 100 valence electrons. The summed E-state index contributed by atoms with van der Waals surface area (Å²) < 4.78 is 28.3. The molecule has 1 aliphatic heterocycles. The normalized spacial score (nSPS) is 30.6. The molecule has 0 aromatic carbocycles. The maximum absolute atomic E-state index is 13.8. The van der Waals surface area contributed by atoms with E-state index >= 15 is 0 Å². The zero-order valence-corrected chi connectivity index (χ0v) is 9.85. The number of anilines is 1. The van der Waals surface area contributed by atoms with Crippen LogP contribution in [0.3, 0.4) is 0 Å². The van der Waals surface area contributed by atoms with Crippen LogP contribution in [0.4, 0.5) is 14.6 Å². The van der Waals surface area contributed by atoms with Crippen molar-refractivity contribution < 1.29 is 19.0 Å². The van der Waals surface area contributed by atoms with E-state index in [4.69, 9.17) is 10.8 Å². The molecule has 4 N–H and O–H groups in total. The van der Waals surface area contributed by atoms with Crippen molar-refractivity contribution in [3.05, 3.63) is 22.7 Å². The van der Waals surface area contributed by atoms with Gasteiger partial charge in [0.25, 0.3) is 0 Å². The Labute approximate surface area is 104 Å². The van der Waals surface area contributed by atoms with Crippen molar-refractivity contribution in [3.63, 3.8) is 0 Å². The van der Waals surface area contributed by atoms with Gasteiger partial charge in [-0.15, -0.1) is 11.8 Å². The van der Waals surface area contributed by atoms with Crippen LogP contribution in [-0.4, -0.2) is 43.6 Å². The third-order valence-electron chi connectivity index (χ3n) is 2.66. The molecule has 2 rings (SSSR count). The fourth-order valence-electron chi connectivity index (χ4n) is 1.72. The van der Waals surface area contributed by atoms with Crippen LogP contribution in [0.25, 0.3) is 0 Å². The van der Waals surface area contributed by atoms with Crippen LogP contribution < -0.4 is 11.4 Å². The average Bonchev–Trinajstić information content (AvgIpc) is 2.52. The fourth-order valence-corrected chi connectivity index (χ4v) is 3.08. The van der Waals surface area contributed by atoms with Gasteiger partial charge >= 0.3 is 11.6 Å². The maximum Gasteiger partial charge on any atom is 0.350 e. The van der Waals surface area contributed by atoms with E-state index in [1.807, 2.05) is 0 Å². The Morgan fingerprint density at radius 1 is 1.61 bits per heavy atom. The molecule has 9 heteroatoms. The first-order chi connectivity index (χ1) is 8.37. The monoisotopic (exact) mass is 279 g/mol. The highest BCUT2D eigenvalue weighted by molar-refractivity contribution is 8.00. The van der Waals surface area contributed by atoms with Crippen LogP contribution in [0.15, 0.2) is 17.1 Å². The Morgan fingerprint density at radius 2 is 2.28 bits per heavy atom. The van der Waals surface area contributed by atoms with Gasteiger partial charge in [-0.05, 0) is 6.07 Å². The van der Waals surface area contributed by atoms with Crippen molar-refractivity contribution in [2.24, 2.45) is 0 Å². The number of nitrogens with two attached hydrogens (primary N) is 1. The Bertz CT molecular complexity index is 510. The molecule has 1 aromatic heterocycles. The predicted octanol–water partition coefficient (Wildman–Crippen LogP) is -0.572. The second kappa shape index (κ2) is 4.48. The molecule has 0 saturated carbocycles. The summed E-state index contributed by atoms with van der Waals surface area (Å²) in [7, 11) is 0. The van der Waals surface area contributed by atoms with E-state index in [-0.39, 0.29) is 5.82 Å². The van der Waals surface area contributed by atoms with Gasteiger partial charge in [-0.3, -0.25) is 4.57 Å². The van der Waals surface area contributed by atoms with Gasteiger partial charge in [0, 0.05) is 6.20 Å². The quantitative estimate of drug-likeness (QED) is 0.670. The second-order valence-electron chi connectivity index (χ2n) is 3.87. The molecule has 1 fully saturated rings. The summed E-state index contributed by atoms with van der Waals surface area (Å²) in [6.07, 6.45) is -0.912. The minimum Gasteiger partial charge on any atom is -0.395 e. The summed E-state index contributed by atoms with van der Waals surface area (Å²) in [5, 5.41) is 15.7. The SMILES string of the molecule is Nc1ccn([C@@H]2SC(CO)[C@@H](O)C2(F)F)c(=O)n1. The van der Waals surface area contributed by atoms with E-state index in [1.54, 1.807) is 0 Å². The lowest BCUT2D eigenvalue weighted by Gasteiger charge is -2.22. The molecule has 1 saturated heterocycles. The number of halogens is 2. The van der Waals surface area contributed by atoms with Gasteiger partial charge < -0.3 is 15.9 Å². The molecule has 18 heavy (non-hydrogen) atoms. The lowest BCUT2D eigenvalue weighted by molar-refractivity contribution is -0.114. The number of hydrogen-bond donors (Lipinski definition) is 3. The van der Waals surface area contributed by atoms with Gasteiger partial charge in [0.2, 0.25) is 0 Å². The lowest BCUT2D eigenvalue weighted by Crippen LogP contribution is -2.41. The van der Waals surface area contributed by atoms with Crippen molar-refractivity contribution >= 4 is 17.6 Å². The number of thioether (sulfide) groups is 1. The molecule has 0 amide bonds. The molecule has 0 bridgehead atoms. The van der Waals surface area contributed by atoms with Crippen LogP contribution in [0.2, 0.25) is 0 Å². The number of aliphatic hydroxyl groups excluding tert-OH is 2. The van der Waals surface area contributed by atoms with Gasteiger partial charge in [-0.1, -0.05) is 0 Å². The van der Waals surface area contributed by atoms with E-state index in [2.05, 4.69) is 4.98 Å². The second-order valence-corrected chi connectivity index (χ2v) is 5.20. The average molecular weight is 279 g/mol. The van der Waals surface area contributed by atoms with Crippen molar-refractivity contribution in [1.82, 2.24) is 9.55 Å². The standard InChI is InChI=1S/C9H11F2N3O3S/c10-9(11)6(16)4(3-15)18-7(9)14-2-1-5(12)13-8(14)17/h1-2,4,6-7,15-16H,3H2,(H2,12,13,17)/t4?,6-,7-/m1/s1. The number of nitrogens with zero attached hydrogens (tertiary/aromatic N) is 2. The molecule has 2 heterocycles. The fraction of sp³-hybridized carbons (Fsp3) is 0.556. The highest BCUT2D eigenvalue weighted by atomic mass is 32.2. The van der Waals surface area contributed by atoms with Gasteiger partial charge in [0.05, 0.1) is 11.9 Å². The van der Waals surface area contributed by atoms with Crippen LogP contribution in [-0.2, 0) is 0 Å². The Hall–Kier alpha value is -1.19. The number of aromatic nitrogens is 2. The molecule has 1 aromatic rings. The highest BCUT2D eigenvalue weighted by Crippen LogP contribution is 2.51. The van der Waals surface area contributed by atoms with Crippen molar-refractivity contribution in [2.45, 2.75) is 22.7 Å². The molecule has 1 unspecified atom stereocenters. The lowest BCUT2D eigenvalue weighted by atomic mass is 10.1. The van der Waals surface area contributed by atoms with Crippen LogP contribution in [0.1, 0.15) is 5.37 Å². The van der Waals surface area contributed by atoms with Gasteiger partial charge in [-0.25, -0.2) is 13.6 Å². The van der Waals surface area contributed by atoms with Crippen LogP contribution in [0, 0.1) is 0 Å². The highest BCUT2D eigenvalue weighted by Gasteiger charge is 2.58. The first kappa shape index (κ1) is 13.2. The zero-order valence-electron chi connectivity index (χ0n) is 9.03. The van der Waals surface area contributed by atoms with Crippen LogP contribution in [0.5, 0.6) is 0 Å². The third-order valence-corrected chi connectivity index (χ3v) is 4.22. The summed E-state index contributed by atoms with van der Waals surface area (Å²) in [6.45, 7) is -0.602. The van der Waals surface area contributed by atoms with Crippen molar-refractivity contribution in [1.29, 1.82) is 0 Å². The smallest absolute Gasteiger partial charge is 0.350 e. The zero-order chi connectivity index (χ0) is 13.5. The third kappa shape index (κ3) is 1.98. The predicted molar refractivity (Wildman–Crippen MR) is 61.4 cm³/mol. The van der Waals surface area contributed by atoms with E-state index in [9.17, 15) is 18.7 Å². The summed E-state index contributed by atoms with van der Waals surface area (Å²) in [4.78, 5) is 14.9. The number of rotatable bonds is 2. The number of alkyl halides is 2. The Balaban J connectivity index is 2.42. The Morgan fingerprint density at radius 3 is 2.78 bits per heavy atom. The van der Waals surface area contributed by atoms with E-state index in [0.29, 0.717) is 16.3 Å². The van der Waals surface area contributed by atoms with Gasteiger partial charge in [0.1, 0.15) is 11.9 Å². The summed E-state index contributed by atoms with van der Waals surface area (Å²) in [5.74, 6) is -3.60. The van der Waals surface area contributed by atoms with E-state index in [1.165, 1.54) is 6.07 Å². The molecule has 3 atom stereocenters. The molecule has 0 aliphatic carbocycles. The van der Waals surface area contributed by atoms with Crippen molar-refractivity contribution in [2.75, 3.05) is 12.3 Å². The summed E-state index contributed by atoms with van der Waals surface area (Å²) in [5.41, 5.74) is 4.35. The van der Waals surface area contributed by atoms with E-state index in [0.717, 1.165) is 6.20 Å². The summed E-state index contributed by atoms with van der Waals surface area (Å²) >= 11 is 0.631. The van der Waals surface area contributed by atoms with E-state index < -0.39 is 34.9 Å². The minimum absolute atomic E-state index is 0.0678. The first-order valence-electron chi connectivity index (χ1n) is 5.04. The van der Waals surface area contributed by atoms with Gasteiger partial charge in [0.15, 0.2) is 5.37 Å². The topological polar surface area (TPSA) is 101 Å². The molecular weight excluding hydrogens is 268 g/mol. The molecule has 6 nitrogen and oxygen atoms in total. The summed E-state index contributed by atoms with van der Waals surface area (Å²) in [6, 6.07) is 1.22. The number of nitrogen functional groups attached to an aromatic ring is 1. The Kier molecular flexibility index (Phi) is 3.30. The number of aliphatic hydroxyl groups is 2. The van der Waals surface area contributed by atoms with Crippen molar-refractivity contribution in [3.8, 4) is 0 Å². The molecule has 1 aliphatic rings. The number of hydrogen-bond acceptors (Lipinski definition) is 6.